The summed E-state index contributed by atoms with van der Waals surface area (Å²) in [5, 5.41) is 8.55. The summed E-state index contributed by atoms with van der Waals surface area (Å²) in [4.78, 5) is 37.2. The van der Waals surface area contributed by atoms with Gasteiger partial charge in [0.15, 0.2) is 6.10 Å². The second-order valence-electron chi connectivity index (χ2n) is 21.7. The number of aliphatic hydroxyl groups excluding tert-OH is 1. The highest BCUT2D eigenvalue weighted by molar-refractivity contribution is 7.45. The first kappa shape index (κ1) is 80.7. The number of phosphoric ester groups is 1. The maximum absolute atomic E-state index is 12.6. The minimum absolute atomic E-state index is 0.0263. The number of likely N-dealkylation sites (N-methyl/N-ethyl adjacent to an activating group) is 1. The fourth-order valence-corrected chi connectivity index (χ4v) is 8.72. The summed E-state index contributed by atoms with van der Waals surface area (Å²) in [6, 6.07) is 0. The van der Waals surface area contributed by atoms with E-state index in [9.17, 15) is 19.0 Å². The number of quaternary nitrogens is 1. The number of aliphatic hydroxyl groups is 1. The van der Waals surface area contributed by atoms with Gasteiger partial charge in [-0.3, -0.25) is 14.2 Å². The highest BCUT2D eigenvalue weighted by atomic mass is 31.2. The molecule has 0 aromatic heterocycles. The Kier molecular flexibility index (Phi) is 65.8. The Balaban J connectivity index is 0. The number of hydrogen-bond donors (Lipinski definition) is 1. The van der Waals surface area contributed by atoms with Crippen molar-refractivity contribution in [3.8, 4) is 0 Å². The van der Waals surface area contributed by atoms with E-state index >= 15 is 0 Å². The Bertz CT molecular complexity index is 1270. The number of carbonyl (C=O) groups excluding carboxylic acids is 2. The molecule has 0 bridgehead atoms. The van der Waals surface area contributed by atoms with Crippen LogP contribution in [0.1, 0.15) is 220 Å². The first-order valence-corrected chi connectivity index (χ1v) is 33.3. The quantitative estimate of drug-likeness (QED) is 0.0260. The lowest BCUT2D eigenvalue weighted by Gasteiger charge is -2.28. The lowest BCUT2D eigenvalue weighted by Crippen LogP contribution is -2.37. The highest BCUT2D eigenvalue weighted by Gasteiger charge is 2.22. The SMILES string of the molecule is CCCCCCCCCCCCCC(=O)OCC(COP(=O)([O-])OCC[N+](C)(C)C)OC(=O)CCCCCCCCCCCCC.CCCCCCCCCOCCOCCOCCOCCOCCOCCOCCOCCO. The molecule has 0 radical (unpaired) electrons. The van der Waals surface area contributed by atoms with Crippen LogP contribution in [0.25, 0.3) is 0 Å². The molecule has 480 valence electrons. The van der Waals surface area contributed by atoms with Crippen molar-refractivity contribution in [3.63, 3.8) is 0 Å². The zero-order valence-corrected chi connectivity index (χ0v) is 53.1. The van der Waals surface area contributed by atoms with E-state index in [1.165, 1.54) is 141 Å². The fourth-order valence-electron chi connectivity index (χ4n) is 7.99. The molecule has 0 aromatic carbocycles. The Morgan fingerprint density at radius 3 is 1.02 bits per heavy atom. The lowest BCUT2D eigenvalue weighted by molar-refractivity contribution is -0.870. The fraction of sp³-hybridized carbons (Fsp3) is 0.967. The molecule has 80 heavy (non-hydrogen) atoms. The number of hydrogen-bond acceptors (Lipinski definition) is 17. The minimum Gasteiger partial charge on any atom is -0.756 e. The van der Waals surface area contributed by atoms with Crippen molar-refractivity contribution >= 4 is 19.8 Å². The van der Waals surface area contributed by atoms with Crippen molar-refractivity contribution in [2.75, 3.05) is 160 Å². The van der Waals surface area contributed by atoms with Crippen LogP contribution in [0.3, 0.4) is 0 Å². The molecule has 19 heteroatoms. The molecular formula is C61H124NO17P. The van der Waals surface area contributed by atoms with Crippen LogP contribution in [0, 0.1) is 0 Å². The summed E-state index contributed by atoms with van der Waals surface area (Å²) in [6.45, 7) is 15.3. The number of ether oxygens (including phenoxy) is 10. The van der Waals surface area contributed by atoms with E-state index in [2.05, 4.69) is 20.8 Å². The van der Waals surface area contributed by atoms with Gasteiger partial charge in [-0.1, -0.05) is 188 Å². The van der Waals surface area contributed by atoms with Gasteiger partial charge in [0.05, 0.1) is 133 Å². The molecule has 0 amide bonds. The van der Waals surface area contributed by atoms with Gasteiger partial charge in [-0.05, 0) is 19.3 Å². The van der Waals surface area contributed by atoms with Gasteiger partial charge in [0.2, 0.25) is 0 Å². The van der Waals surface area contributed by atoms with Gasteiger partial charge in [-0.25, -0.2) is 0 Å². The van der Waals surface area contributed by atoms with Gasteiger partial charge in [0, 0.05) is 19.4 Å². The second-order valence-corrected chi connectivity index (χ2v) is 23.1. The first-order valence-electron chi connectivity index (χ1n) is 31.9. The molecule has 1 N–H and O–H groups in total. The van der Waals surface area contributed by atoms with Crippen LogP contribution in [0.5, 0.6) is 0 Å². The molecular weight excluding hydrogens is 1050 g/mol. The molecule has 18 nitrogen and oxygen atoms in total. The van der Waals surface area contributed by atoms with Crippen molar-refractivity contribution in [1.29, 1.82) is 0 Å². The third kappa shape index (κ3) is 70.9. The van der Waals surface area contributed by atoms with Crippen LogP contribution in [-0.2, 0) is 70.6 Å². The van der Waals surface area contributed by atoms with Gasteiger partial charge in [0.25, 0.3) is 7.82 Å². The van der Waals surface area contributed by atoms with Crippen LogP contribution >= 0.6 is 7.82 Å². The highest BCUT2D eigenvalue weighted by Crippen LogP contribution is 2.38. The zero-order chi connectivity index (χ0) is 59.0. The second kappa shape index (κ2) is 65.2. The number of nitrogens with zero attached hydrogens (tertiary/aromatic N) is 1. The third-order valence-corrected chi connectivity index (χ3v) is 13.8. The summed E-state index contributed by atoms with van der Waals surface area (Å²) in [6.07, 6.45) is 34.7. The maximum Gasteiger partial charge on any atom is 0.306 e. The summed E-state index contributed by atoms with van der Waals surface area (Å²) < 4.78 is 76.9. The van der Waals surface area contributed by atoms with Gasteiger partial charge >= 0.3 is 11.9 Å². The largest absolute Gasteiger partial charge is 0.756 e. The number of esters is 2. The van der Waals surface area contributed by atoms with E-state index in [0.717, 1.165) is 45.1 Å². The Labute approximate surface area is 488 Å². The van der Waals surface area contributed by atoms with E-state index in [1.807, 2.05) is 21.1 Å². The molecule has 0 aliphatic carbocycles. The number of carbonyl (C=O) groups is 2. The van der Waals surface area contributed by atoms with Gasteiger partial charge < -0.3 is 70.9 Å². The maximum atomic E-state index is 12.6. The van der Waals surface area contributed by atoms with E-state index in [1.54, 1.807) is 0 Å². The van der Waals surface area contributed by atoms with Crippen LogP contribution in [0.2, 0.25) is 0 Å². The normalized spacial score (nSPS) is 12.8. The van der Waals surface area contributed by atoms with Gasteiger partial charge in [0.1, 0.15) is 19.8 Å². The van der Waals surface area contributed by atoms with Gasteiger partial charge in [-0.15, -0.1) is 0 Å². The topological polar surface area (TPSA) is 205 Å². The summed E-state index contributed by atoms with van der Waals surface area (Å²) in [5.74, 6) is -0.829. The van der Waals surface area contributed by atoms with Crippen LogP contribution in [0.15, 0.2) is 0 Å². The Morgan fingerprint density at radius 2 is 0.688 bits per heavy atom. The zero-order valence-electron chi connectivity index (χ0n) is 52.2. The van der Waals surface area contributed by atoms with Crippen LogP contribution in [0.4, 0.5) is 0 Å². The molecule has 2 unspecified atom stereocenters. The molecule has 0 aliphatic heterocycles. The summed E-state index contributed by atoms with van der Waals surface area (Å²) >= 11 is 0. The van der Waals surface area contributed by atoms with Crippen molar-refractivity contribution in [3.05, 3.63) is 0 Å². The predicted molar refractivity (Wildman–Crippen MR) is 317 cm³/mol. The monoisotopic (exact) mass is 1170 g/mol. The number of rotatable bonds is 65. The molecule has 0 rings (SSSR count). The molecule has 0 heterocycles. The van der Waals surface area contributed by atoms with E-state index in [0.29, 0.717) is 117 Å². The minimum atomic E-state index is -4.60. The standard InChI is InChI=1S/C36H72NO8P.C25H52O9/c1-6-8-10-12-14-16-18-20-22-24-26-28-35(38)42-32-34(33-44-46(40,41)43-31-30-37(3,4)5)45-36(39)29-27-25-23-21-19-17-15-13-11-9-7-2;1-2-3-4-5-6-7-8-10-27-12-14-29-16-18-31-20-22-33-24-25-34-23-21-32-19-17-30-15-13-28-11-9-26/h34H,6-33H2,1-5H3;26H,2-25H2,1H3. The molecule has 0 saturated carbocycles. The molecule has 0 fully saturated rings. The molecule has 0 aromatic rings. The van der Waals surface area contributed by atoms with Crippen molar-refractivity contribution in [1.82, 2.24) is 0 Å². The molecule has 0 spiro atoms. The van der Waals surface area contributed by atoms with E-state index in [4.69, 9.17) is 61.5 Å². The Hall–Kier alpha value is -1.35. The predicted octanol–water partition coefficient (Wildman–Crippen LogP) is 11.9. The third-order valence-electron chi connectivity index (χ3n) is 12.9. The lowest BCUT2D eigenvalue weighted by atomic mass is 10.1. The van der Waals surface area contributed by atoms with Gasteiger partial charge in [-0.2, -0.15) is 0 Å². The summed E-state index contributed by atoms with van der Waals surface area (Å²) in [5.41, 5.74) is 0. The first-order chi connectivity index (χ1) is 38.9. The smallest absolute Gasteiger partial charge is 0.306 e. The van der Waals surface area contributed by atoms with Crippen molar-refractivity contribution in [2.24, 2.45) is 0 Å². The van der Waals surface area contributed by atoms with Crippen molar-refractivity contribution < 1.29 is 85.1 Å². The molecule has 0 saturated heterocycles. The average Bonchev–Trinajstić information content (AvgIpc) is 3.42. The van der Waals surface area contributed by atoms with E-state index < -0.39 is 26.5 Å². The average molecular weight is 1170 g/mol. The van der Waals surface area contributed by atoms with Crippen LogP contribution in [-0.4, -0.2) is 187 Å². The van der Waals surface area contributed by atoms with Crippen LogP contribution < -0.4 is 4.89 Å². The van der Waals surface area contributed by atoms with E-state index in [-0.39, 0.29) is 38.6 Å². The number of phosphoric acid groups is 1. The molecule has 0 aliphatic rings. The molecule has 2 atom stereocenters. The van der Waals surface area contributed by atoms with Crippen molar-refractivity contribution in [2.45, 2.75) is 226 Å². The summed E-state index contributed by atoms with van der Waals surface area (Å²) in [7, 11) is 1.18. The number of unbranched alkanes of at least 4 members (excludes halogenated alkanes) is 26. The Morgan fingerprint density at radius 1 is 0.388 bits per heavy atom.